The summed E-state index contributed by atoms with van der Waals surface area (Å²) < 4.78 is 27.2. The van der Waals surface area contributed by atoms with Crippen LogP contribution in [0.2, 0.25) is 0 Å². The molecule has 4 rings (SSSR count). The number of benzene rings is 2. The highest BCUT2D eigenvalue weighted by Crippen LogP contribution is 2.28. The van der Waals surface area contributed by atoms with E-state index in [0.29, 0.717) is 13.1 Å². The van der Waals surface area contributed by atoms with Crippen molar-refractivity contribution in [2.45, 2.75) is 24.8 Å². The van der Waals surface area contributed by atoms with Crippen LogP contribution in [0.4, 0.5) is 0 Å². The third-order valence-corrected chi connectivity index (χ3v) is 7.99. The van der Waals surface area contributed by atoms with Crippen LogP contribution in [0.3, 0.4) is 0 Å². The van der Waals surface area contributed by atoms with Gasteiger partial charge in [0.25, 0.3) is 0 Å². The van der Waals surface area contributed by atoms with Crippen molar-refractivity contribution in [3.05, 3.63) is 59.7 Å². The number of carbonyl (C=O) groups is 2. The molecule has 2 aliphatic rings. The number of amides is 2. The van der Waals surface area contributed by atoms with Crippen LogP contribution < -0.4 is 0 Å². The van der Waals surface area contributed by atoms with Crippen molar-refractivity contribution in [3.8, 4) is 5.75 Å². The average molecular weight is 458 g/mol. The number of phenolic OH excluding ortho intramolecular Hbond substituents is 1. The molecule has 8 nitrogen and oxygen atoms in total. The van der Waals surface area contributed by atoms with Gasteiger partial charge < -0.3 is 14.9 Å². The second-order valence-electron chi connectivity index (χ2n) is 8.36. The first kappa shape index (κ1) is 22.3. The molecule has 0 aliphatic carbocycles. The summed E-state index contributed by atoms with van der Waals surface area (Å²) >= 11 is 0. The molecule has 9 heteroatoms. The van der Waals surface area contributed by atoms with Crippen LogP contribution in [0, 0.1) is 12.8 Å². The standard InChI is InChI=1S/C23H27N3O5S/c1-17-7-8-20(27)21(13-17)32(30,31)26-11-9-24(10-12-26)23(29)19-14-22(28)25(16-19)15-18-5-3-2-4-6-18/h2-8,13,19,27H,9-12,14-16H2,1H3. The van der Waals surface area contributed by atoms with Crippen molar-refractivity contribution in [1.82, 2.24) is 14.1 Å². The molecule has 1 unspecified atom stereocenters. The Morgan fingerprint density at radius 3 is 2.44 bits per heavy atom. The maximum atomic E-state index is 13.0. The van der Waals surface area contributed by atoms with Crippen LogP contribution >= 0.6 is 0 Å². The number of aryl methyl sites for hydroxylation is 1. The van der Waals surface area contributed by atoms with Gasteiger partial charge in [-0.3, -0.25) is 9.59 Å². The number of phenols is 1. The van der Waals surface area contributed by atoms with Crippen molar-refractivity contribution in [1.29, 1.82) is 0 Å². The zero-order valence-electron chi connectivity index (χ0n) is 18.0. The highest BCUT2D eigenvalue weighted by Gasteiger charge is 2.38. The van der Waals surface area contributed by atoms with Crippen LogP contribution in [0.15, 0.2) is 53.4 Å². The van der Waals surface area contributed by atoms with Crippen LogP contribution in [-0.4, -0.2) is 72.2 Å². The van der Waals surface area contributed by atoms with E-state index in [-0.39, 0.29) is 55.1 Å². The van der Waals surface area contributed by atoms with E-state index in [1.165, 1.54) is 16.4 Å². The molecule has 32 heavy (non-hydrogen) atoms. The van der Waals surface area contributed by atoms with E-state index >= 15 is 0 Å². The molecule has 2 aromatic carbocycles. The number of hydrogen-bond acceptors (Lipinski definition) is 5. The molecular formula is C23H27N3O5S. The predicted octanol–water partition coefficient (Wildman–Crippen LogP) is 1.58. The Morgan fingerprint density at radius 1 is 1.06 bits per heavy atom. The Balaban J connectivity index is 1.36. The van der Waals surface area contributed by atoms with Gasteiger partial charge >= 0.3 is 0 Å². The number of aromatic hydroxyl groups is 1. The molecule has 2 aliphatic heterocycles. The minimum absolute atomic E-state index is 0.0386. The predicted molar refractivity (Wildman–Crippen MR) is 118 cm³/mol. The van der Waals surface area contributed by atoms with E-state index in [1.807, 2.05) is 30.3 Å². The third-order valence-electron chi connectivity index (χ3n) is 6.06. The monoisotopic (exact) mass is 457 g/mol. The van der Waals surface area contributed by atoms with E-state index in [2.05, 4.69) is 0 Å². The van der Waals surface area contributed by atoms with E-state index < -0.39 is 15.9 Å². The largest absolute Gasteiger partial charge is 0.507 e. The summed E-state index contributed by atoms with van der Waals surface area (Å²) in [7, 11) is -3.85. The van der Waals surface area contributed by atoms with E-state index in [9.17, 15) is 23.1 Å². The first-order valence-electron chi connectivity index (χ1n) is 10.7. The molecule has 2 heterocycles. The highest BCUT2D eigenvalue weighted by molar-refractivity contribution is 7.89. The molecule has 170 valence electrons. The van der Waals surface area contributed by atoms with Gasteiger partial charge in [0.2, 0.25) is 21.8 Å². The zero-order chi connectivity index (χ0) is 22.9. The maximum Gasteiger partial charge on any atom is 0.246 e. The smallest absolute Gasteiger partial charge is 0.246 e. The lowest BCUT2D eigenvalue weighted by atomic mass is 10.1. The molecule has 1 atom stereocenters. The van der Waals surface area contributed by atoms with Gasteiger partial charge in [0.05, 0.1) is 5.92 Å². The van der Waals surface area contributed by atoms with Crippen molar-refractivity contribution >= 4 is 21.8 Å². The van der Waals surface area contributed by atoms with Gasteiger partial charge in [-0.05, 0) is 30.2 Å². The molecule has 0 aromatic heterocycles. The molecule has 2 saturated heterocycles. The fraction of sp³-hybridized carbons (Fsp3) is 0.391. The van der Waals surface area contributed by atoms with Crippen molar-refractivity contribution in [3.63, 3.8) is 0 Å². The normalized spacial score (nSPS) is 20.0. The van der Waals surface area contributed by atoms with Crippen LogP contribution in [0.1, 0.15) is 17.5 Å². The second kappa shape index (κ2) is 8.91. The highest BCUT2D eigenvalue weighted by atomic mass is 32.2. The summed E-state index contributed by atoms with van der Waals surface area (Å²) in [5.74, 6) is -0.833. The topological polar surface area (TPSA) is 98.2 Å². The van der Waals surface area contributed by atoms with Gasteiger partial charge in [-0.15, -0.1) is 0 Å². The fourth-order valence-corrected chi connectivity index (χ4v) is 5.86. The Hall–Kier alpha value is -2.91. The summed E-state index contributed by atoms with van der Waals surface area (Å²) in [6.07, 6.45) is 0.182. The molecule has 0 spiro atoms. The van der Waals surface area contributed by atoms with Crippen molar-refractivity contribution in [2.75, 3.05) is 32.7 Å². The molecule has 0 saturated carbocycles. The van der Waals surface area contributed by atoms with E-state index in [4.69, 9.17) is 0 Å². The van der Waals surface area contributed by atoms with E-state index in [0.717, 1.165) is 11.1 Å². The summed E-state index contributed by atoms with van der Waals surface area (Å²) in [5, 5.41) is 10.0. The van der Waals surface area contributed by atoms with Gasteiger partial charge in [0, 0.05) is 45.7 Å². The summed E-state index contributed by atoms with van der Waals surface area (Å²) in [6, 6.07) is 14.1. The number of nitrogens with zero attached hydrogens (tertiary/aromatic N) is 3. The molecule has 0 radical (unpaired) electrons. The van der Waals surface area contributed by atoms with Gasteiger partial charge in [0.15, 0.2) is 0 Å². The summed E-state index contributed by atoms with van der Waals surface area (Å²) in [4.78, 5) is 28.7. The second-order valence-corrected chi connectivity index (χ2v) is 10.3. The van der Waals surface area contributed by atoms with Crippen LogP contribution in [-0.2, 0) is 26.2 Å². The number of sulfonamides is 1. The molecule has 2 amide bonds. The molecule has 1 N–H and O–H groups in total. The number of rotatable bonds is 5. The quantitative estimate of drug-likeness (QED) is 0.735. The van der Waals surface area contributed by atoms with Gasteiger partial charge in [-0.1, -0.05) is 36.4 Å². The number of hydrogen-bond donors (Lipinski definition) is 1. The maximum absolute atomic E-state index is 13.0. The number of piperazine rings is 1. The van der Waals surface area contributed by atoms with Gasteiger partial charge in [-0.2, -0.15) is 4.31 Å². The van der Waals surface area contributed by atoms with Crippen LogP contribution in [0.25, 0.3) is 0 Å². The minimum atomic E-state index is -3.85. The van der Waals surface area contributed by atoms with Crippen LogP contribution in [0.5, 0.6) is 5.75 Å². The Kier molecular flexibility index (Phi) is 6.21. The number of carbonyl (C=O) groups excluding carboxylic acids is 2. The lowest BCUT2D eigenvalue weighted by Crippen LogP contribution is -2.52. The van der Waals surface area contributed by atoms with Crippen molar-refractivity contribution < 1.29 is 23.1 Å². The molecule has 2 fully saturated rings. The number of likely N-dealkylation sites (tertiary alicyclic amines) is 1. The minimum Gasteiger partial charge on any atom is -0.507 e. The van der Waals surface area contributed by atoms with Gasteiger partial charge in [0.1, 0.15) is 10.6 Å². The lowest BCUT2D eigenvalue weighted by molar-refractivity contribution is -0.137. The summed E-state index contributed by atoms with van der Waals surface area (Å²) in [6.45, 7) is 3.43. The Morgan fingerprint density at radius 2 is 1.75 bits per heavy atom. The molecule has 0 bridgehead atoms. The molecular weight excluding hydrogens is 430 g/mol. The zero-order valence-corrected chi connectivity index (χ0v) is 18.8. The first-order chi connectivity index (χ1) is 15.3. The Bertz CT molecular complexity index is 1110. The van der Waals surface area contributed by atoms with Gasteiger partial charge in [-0.25, -0.2) is 8.42 Å². The lowest BCUT2D eigenvalue weighted by Gasteiger charge is -2.35. The Labute approximate surface area is 188 Å². The van der Waals surface area contributed by atoms with E-state index in [1.54, 1.807) is 22.8 Å². The first-order valence-corrected chi connectivity index (χ1v) is 12.1. The summed E-state index contributed by atoms with van der Waals surface area (Å²) in [5.41, 5.74) is 1.76. The fourth-order valence-electron chi connectivity index (χ4n) is 4.27. The van der Waals surface area contributed by atoms with Crippen molar-refractivity contribution in [2.24, 2.45) is 5.92 Å². The third kappa shape index (κ3) is 4.49. The SMILES string of the molecule is Cc1ccc(O)c(S(=O)(=O)N2CCN(C(=O)C3CC(=O)N(Cc4ccccc4)C3)CC2)c1. The molecule has 2 aromatic rings. The average Bonchev–Trinajstić information content (AvgIpc) is 3.15.